The smallest absolute Gasteiger partial charge is 0.184 e. The van der Waals surface area contributed by atoms with Gasteiger partial charge >= 0.3 is 0 Å². The molecule has 0 fully saturated rings. The summed E-state index contributed by atoms with van der Waals surface area (Å²) < 4.78 is 6.94. The van der Waals surface area contributed by atoms with Crippen molar-refractivity contribution in [1.82, 2.24) is 0 Å². The molecule has 1 heterocycles. The van der Waals surface area contributed by atoms with Gasteiger partial charge in [-0.2, -0.15) is 0 Å². The van der Waals surface area contributed by atoms with Gasteiger partial charge in [0.2, 0.25) is 0 Å². The zero-order valence-electron chi connectivity index (χ0n) is 6.40. The maximum absolute atomic E-state index is 5.62. The monoisotopic (exact) mass is 312 g/mol. The second-order valence-corrected chi connectivity index (χ2v) is 4.24. The topological polar surface area (TPSA) is 13.1 Å². The summed E-state index contributed by atoms with van der Waals surface area (Å²) in [6, 6.07) is 1.89. The minimum absolute atomic E-state index is 0.524. The van der Waals surface area contributed by atoms with Crippen LogP contribution in [0.25, 0.3) is 6.08 Å². The van der Waals surface area contributed by atoms with Gasteiger partial charge in [0.15, 0.2) is 4.67 Å². The Morgan fingerprint density at radius 3 is 2.75 bits per heavy atom. The van der Waals surface area contributed by atoms with Gasteiger partial charge in [0, 0.05) is 5.88 Å². The second-order valence-electron chi connectivity index (χ2n) is 2.39. The minimum Gasteiger partial charge on any atom is -0.449 e. The second kappa shape index (κ2) is 4.49. The maximum atomic E-state index is 5.62. The zero-order valence-corrected chi connectivity index (χ0v) is 10.3. The number of rotatable bonds is 2. The number of allylic oxidation sites excluding steroid dienone is 1. The van der Waals surface area contributed by atoms with Crippen LogP contribution in [0.1, 0.15) is 12.7 Å². The van der Waals surface area contributed by atoms with Crippen LogP contribution < -0.4 is 0 Å². The van der Waals surface area contributed by atoms with E-state index >= 15 is 0 Å². The minimum atomic E-state index is 0.524. The van der Waals surface area contributed by atoms with Crippen LogP contribution in [0.4, 0.5) is 0 Å². The predicted molar refractivity (Wildman–Crippen MR) is 58.5 cm³/mol. The van der Waals surface area contributed by atoms with Crippen molar-refractivity contribution < 1.29 is 4.42 Å². The molecule has 0 aromatic carbocycles. The molecular formula is C8H7Br2ClO. The molecule has 0 saturated carbocycles. The van der Waals surface area contributed by atoms with Crippen molar-refractivity contribution in [2.45, 2.75) is 6.92 Å². The Morgan fingerprint density at radius 1 is 1.67 bits per heavy atom. The average Bonchev–Trinajstić information content (AvgIpc) is 2.31. The number of halogens is 3. The van der Waals surface area contributed by atoms with Crippen LogP contribution in [-0.4, -0.2) is 5.88 Å². The van der Waals surface area contributed by atoms with Crippen molar-refractivity contribution >= 4 is 49.5 Å². The standard InChI is InChI=1S/C8H7Br2ClO/c1-5(4-11)2-6-3-7(9)8(10)12-6/h2-3H,4H2,1H3/b5-2+. The summed E-state index contributed by atoms with van der Waals surface area (Å²) in [5.74, 6) is 1.32. The summed E-state index contributed by atoms with van der Waals surface area (Å²) in [7, 11) is 0. The molecule has 4 heteroatoms. The SMILES string of the molecule is C/C(=C\c1cc(Br)c(Br)o1)CCl. The van der Waals surface area contributed by atoms with E-state index in [2.05, 4.69) is 31.9 Å². The lowest BCUT2D eigenvalue weighted by Crippen LogP contribution is -1.74. The number of alkyl halides is 1. The Balaban J connectivity index is 2.90. The van der Waals surface area contributed by atoms with Crippen molar-refractivity contribution in [3.05, 3.63) is 26.5 Å². The van der Waals surface area contributed by atoms with Crippen molar-refractivity contribution in [2.24, 2.45) is 0 Å². The molecule has 1 aromatic heterocycles. The average molecular weight is 314 g/mol. The quantitative estimate of drug-likeness (QED) is 0.735. The van der Waals surface area contributed by atoms with Crippen molar-refractivity contribution in [3.63, 3.8) is 0 Å². The van der Waals surface area contributed by atoms with E-state index in [1.54, 1.807) is 0 Å². The van der Waals surface area contributed by atoms with Crippen LogP contribution in [0.15, 0.2) is 25.2 Å². The molecular weight excluding hydrogens is 307 g/mol. The van der Waals surface area contributed by atoms with Gasteiger partial charge in [-0.25, -0.2) is 0 Å². The van der Waals surface area contributed by atoms with E-state index in [-0.39, 0.29) is 0 Å². The highest BCUT2D eigenvalue weighted by molar-refractivity contribution is 9.13. The van der Waals surface area contributed by atoms with Gasteiger partial charge in [-0.05, 0) is 50.9 Å². The molecule has 1 aromatic rings. The molecule has 0 amide bonds. The molecule has 0 saturated heterocycles. The number of hydrogen-bond acceptors (Lipinski definition) is 1. The van der Waals surface area contributed by atoms with E-state index in [4.69, 9.17) is 16.0 Å². The molecule has 0 radical (unpaired) electrons. The molecule has 0 bridgehead atoms. The first kappa shape index (κ1) is 10.4. The van der Waals surface area contributed by atoms with Gasteiger partial charge < -0.3 is 4.42 Å². The van der Waals surface area contributed by atoms with Crippen LogP contribution in [-0.2, 0) is 0 Å². The third kappa shape index (κ3) is 2.64. The van der Waals surface area contributed by atoms with Crippen LogP contribution in [0, 0.1) is 0 Å². The van der Waals surface area contributed by atoms with Crippen molar-refractivity contribution in [2.75, 3.05) is 5.88 Å². The number of hydrogen-bond donors (Lipinski definition) is 0. The largest absolute Gasteiger partial charge is 0.449 e. The highest BCUT2D eigenvalue weighted by Gasteiger charge is 2.03. The molecule has 0 aliphatic rings. The molecule has 0 spiro atoms. The van der Waals surface area contributed by atoms with Crippen LogP contribution in [0.5, 0.6) is 0 Å². The molecule has 0 unspecified atom stereocenters. The van der Waals surface area contributed by atoms with E-state index in [1.165, 1.54) is 0 Å². The predicted octanol–water partition coefficient (Wildman–Crippen LogP) is 4.45. The molecule has 0 aliphatic carbocycles. The van der Waals surface area contributed by atoms with E-state index < -0.39 is 0 Å². The van der Waals surface area contributed by atoms with Gasteiger partial charge in [0.05, 0.1) is 4.47 Å². The summed E-state index contributed by atoms with van der Waals surface area (Å²) in [6.07, 6.45) is 1.91. The van der Waals surface area contributed by atoms with Crippen molar-refractivity contribution in [3.8, 4) is 0 Å². The third-order valence-corrected chi connectivity index (χ3v) is 3.40. The Kier molecular flexibility index (Phi) is 3.87. The van der Waals surface area contributed by atoms with E-state index in [9.17, 15) is 0 Å². The zero-order chi connectivity index (χ0) is 9.14. The lowest BCUT2D eigenvalue weighted by molar-refractivity contribution is 0.529. The van der Waals surface area contributed by atoms with Gasteiger partial charge in [-0.1, -0.05) is 5.57 Å². The Hall–Kier alpha value is 0.270. The molecule has 0 aliphatic heterocycles. The summed E-state index contributed by atoms with van der Waals surface area (Å²) in [5.41, 5.74) is 1.07. The first-order valence-corrected chi connectivity index (χ1v) is 5.43. The highest BCUT2D eigenvalue weighted by Crippen LogP contribution is 2.27. The van der Waals surface area contributed by atoms with Crippen LogP contribution >= 0.6 is 43.5 Å². The Morgan fingerprint density at radius 2 is 2.33 bits per heavy atom. The van der Waals surface area contributed by atoms with Gasteiger partial charge in [-0.15, -0.1) is 11.6 Å². The summed E-state index contributed by atoms with van der Waals surface area (Å²) >= 11 is 12.2. The van der Waals surface area contributed by atoms with Gasteiger partial charge in [0.25, 0.3) is 0 Å². The summed E-state index contributed by atoms with van der Waals surface area (Å²) in [6.45, 7) is 1.96. The Bertz CT molecular complexity index is 285. The first-order chi connectivity index (χ1) is 5.63. The van der Waals surface area contributed by atoms with Crippen molar-refractivity contribution in [1.29, 1.82) is 0 Å². The Labute approximate surface area is 93.0 Å². The number of furan rings is 1. The van der Waals surface area contributed by atoms with E-state index in [1.807, 2.05) is 19.1 Å². The molecule has 1 rings (SSSR count). The summed E-state index contributed by atoms with van der Waals surface area (Å²) in [4.78, 5) is 0. The molecule has 0 atom stereocenters. The summed E-state index contributed by atoms with van der Waals surface area (Å²) in [5, 5.41) is 0. The highest BCUT2D eigenvalue weighted by atomic mass is 79.9. The normalized spacial score (nSPS) is 12.2. The van der Waals surface area contributed by atoms with Crippen LogP contribution in [0.2, 0.25) is 0 Å². The fraction of sp³-hybridized carbons (Fsp3) is 0.250. The third-order valence-electron chi connectivity index (χ3n) is 1.26. The van der Waals surface area contributed by atoms with Gasteiger partial charge in [0.1, 0.15) is 5.76 Å². The fourth-order valence-corrected chi connectivity index (χ4v) is 1.40. The first-order valence-electron chi connectivity index (χ1n) is 3.31. The fourth-order valence-electron chi connectivity index (χ4n) is 0.716. The molecule has 0 N–H and O–H groups in total. The van der Waals surface area contributed by atoms with E-state index in [0.717, 1.165) is 15.8 Å². The lowest BCUT2D eigenvalue weighted by Gasteiger charge is -1.89. The van der Waals surface area contributed by atoms with Gasteiger partial charge in [-0.3, -0.25) is 0 Å². The maximum Gasteiger partial charge on any atom is 0.184 e. The molecule has 12 heavy (non-hydrogen) atoms. The lowest BCUT2D eigenvalue weighted by atomic mass is 10.3. The molecule has 1 nitrogen and oxygen atoms in total. The van der Waals surface area contributed by atoms with E-state index in [0.29, 0.717) is 10.5 Å². The molecule has 66 valence electrons. The van der Waals surface area contributed by atoms with Crippen LogP contribution in [0.3, 0.4) is 0 Å².